The molecule has 0 fully saturated rings. The molecule has 3 aromatic rings. The number of ether oxygens (including phenoxy) is 1. The zero-order chi connectivity index (χ0) is 20.5. The average molecular weight is 407 g/mol. The molecule has 5 nitrogen and oxygen atoms in total. The lowest BCUT2D eigenvalue weighted by Crippen LogP contribution is -2.44. The van der Waals surface area contributed by atoms with Crippen molar-refractivity contribution in [2.45, 2.75) is 11.8 Å². The van der Waals surface area contributed by atoms with Crippen LogP contribution in [0.25, 0.3) is 11.1 Å². The molecule has 0 aromatic heterocycles. The third kappa shape index (κ3) is 6.40. The number of nitrogens with one attached hydrogen (secondary N) is 2. The second kappa shape index (κ2) is 10.3. The monoisotopic (exact) mass is 406 g/mol. The Kier molecular flexibility index (Phi) is 7.30. The molecule has 0 atom stereocenters. The van der Waals surface area contributed by atoms with Crippen molar-refractivity contribution < 1.29 is 14.3 Å². The molecule has 0 unspecified atom stereocenters. The predicted octanol–water partition coefficient (Wildman–Crippen LogP) is 3.98. The topological polar surface area (TPSA) is 67.4 Å². The van der Waals surface area contributed by atoms with Gasteiger partial charge in [-0.05, 0) is 30.7 Å². The molecular weight excluding hydrogens is 384 g/mol. The molecule has 0 spiro atoms. The maximum absolute atomic E-state index is 12.0. The van der Waals surface area contributed by atoms with Crippen molar-refractivity contribution in [3.63, 3.8) is 0 Å². The molecule has 2 amide bonds. The number of para-hydroxylation sites is 1. The Morgan fingerprint density at radius 2 is 1.48 bits per heavy atom. The van der Waals surface area contributed by atoms with Gasteiger partial charge in [0.2, 0.25) is 5.91 Å². The summed E-state index contributed by atoms with van der Waals surface area (Å²) in [4.78, 5) is 24.9. The van der Waals surface area contributed by atoms with Gasteiger partial charge in [-0.1, -0.05) is 66.2 Å². The van der Waals surface area contributed by atoms with Gasteiger partial charge in [-0.3, -0.25) is 20.4 Å². The summed E-state index contributed by atoms with van der Waals surface area (Å²) in [5.41, 5.74) is 7.86. The summed E-state index contributed by atoms with van der Waals surface area (Å²) in [7, 11) is 0. The molecule has 0 aliphatic heterocycles. The molecular formula is C23H22N2O3S. The van der Waals surface area contributed by atoms with Gasteiger partial charge in [0.25, 0.3) is 5.91 Å². The standard InChI is InChI=1S/C23H22N2O3S/c1-17-11-13-19(14-12-17)29-16-23(27)25-24-22(26)15-28-21-10-6-5-9-20(21)18-7-3-2-4-8-18/h2-14H,15-16H2,1H3,(H,24,26)(H,25,27). The molecule has 0 aliphatic carbocycles. The SMILES string of the molecule is Cc1ccc(SCC(=O)NNC(=O)COc2ccccc2-c2ccccc2)cc1. The van der Waals surface area contributed by atoms with Gasteiger partial charge in [-0.15, -0.1) is 11.8 Å². The predicted molar refractivity (Wildman–Crippen MR) is 116 cm³/mol. The van der Waals surface area contributed by atoms with Crippen LogP contribution in [0.4, 0.5) is 0 Å². The summed E-state index contributed by atoms with van der Waals surface area (Å²) in [6.07, 6.45) is 0. The van der Waals surface area contributed by atoms with E-state index in [1.165, 1.54) is 17.3 Å². The maximum Gasteiger partial charge on any atom is 0.276 e. The quantitative estimate of drug-likeness (QED) is 0.460. The molecule has 148 valence electrons. The number of aryl methyl sites for hydroxylation is 1. The lowest BCUT2D eigenvalue weighted by atomic mass is 10.1. The summed E-state index contributed by atoms with van der Waals surface area (Å²) >= 11 is 1.40. The van der Waals surface area contributed by atoms with Crippen molar-refractivity contribution in [1.29, 1.82) is 0 Å². The van der Waals surface area contributed by atoms with E-state index in [4.69, 9.17) is 4.74 Å². The van der Waals surface area contributed by atoms with Gasteiger partial charge in [0, 0.05) is 10.5 Å². The highest BCUT2D eigenvalue weighted by atomic mass is 32.2. The largest absolute Gasteiger partial charge is 0.483 e. The van der Waals surface area contributed by atoms with Crippen LogP contribution in [0.3, 0.4) is 0 Å². The van der Waals surface area contributed by atoms with E-state index < -0.39 is 5.91 Å². The Morgan fingerprint density at radius 3 is 2.24 bits per heavy atom. The number of thioether (sulfide) groups is 1. The lowest BCUT2D eigenvalue weighted by Gasteiger charge is -2.12. The molecule has 2 N–H and O–H groups in total. The van der Waals surface area contributed by atoms with E-state index in [2.05, 4.69) is 10.9 Å². The van der Waals surface area contributed by atoms with Gasteiger partial charge in [-0.25, -0.2) is 0 Å². The number of hydrogen-bond donors (Lipinski definition) is 2. The Bertz CT molecular complexity index is 959. The average Bonchev–Trinajstić information content (AvgIpc) is 2.76. The minimum atomic E-state index is -0.429. The fourth-order valence-corrected chi connectivity index (χ4v) is 3.29. The first-order valence-corrected chi connectivity index (χ1v) is 10.1. The Labute approximate surface area is 174 Å². The summed E-state index contributed by atoms with van der Waals surface area (Å²) in [5, 5.41) is 0. The van der Waals surface area contributed by atoms with Crippen LogP contribution >= 0.6 is 11.8 Å². The first kappa shape index (κ1) is 20.5. The van der Waals surface area contributed by atoms with E-state index in [1.807, 2.05) is 85.8 Å². The van der Waals surface area contributed by atoms with Crippen molar-refractivity contribution in [2.24, 2.45) is 0 Å². The summed E-state index contributed by atoms with van der Waals surface area (Å²) in [5.74, 6) is 0.103. The van der Waals surface area contributed by atoms with Crippen LogP contribution in [-0.4, -0.2) is 24.2 Å². The minimum Gasteiger partial charge on any atom is -0.483 e. The minimum absolute atomic E-state index is 0.199. The van der Waals surface area contributed by atoms with Crippen molar-refractivity contribution >= 4 is 23.6 Å². The van der Waals surface area contributed by atoms with Crippen molar-refractivity contribution in [2.75, 3.05) is 12.4 Å². The number of hydrogen-bond acceptors (Lipinski definition) is 4. The number of carbonyl (C=O) groups excluding carboxylic acids is 2. The number of hydrazine groups is 1. The number of amides is 2. The van der Waals surface area contributed by atoms with Crippen molar-refractivity contribution in [3.05, 3.63) is 84.4 Å². The Morgan fingerprint density at radius 1 is 0.828 bits per heavy atom. The molecule has 0 saturated carbocycles. The molecule has 0 aliphatic rings. The summed E-state index contributed by atoms with van der Waals surface area (Å²) in [6.45, 7) is 1.81. The van der Waals surface area contributed by atoms with Crippen LogP contribution in [0.1, 0.15) is 5.56 Å². The van der Waals surface area contributed by atoms with Gasteiger partial charge in [0.15, 0.2) is 6.61 Å². The van der Waals surface area contributed by atoms with Crippen LogP contribution in [0.5, 0.6) is 5.75 Å². The summed E-state index contributed by atoms with van der Waals surface area (Å²) in [6, 6.07) is 25.2. The zero-order valence-electron chi connectivity index (χ0n) is 16.1. The van der Waals surface area contributed by atoms with Gasteiger partial charge in [0.1, 0.15) is 5.75 Å². The van der Waals surface area contributed by atoms with E-state index in [-0.39, 0.29) is 18.3 Å². The molecule has 3 rings (SSSR count). The maximum atomic E-state index is 12.0. The molecule has 3 aromatic carbocycles. The molecule has 0 saturated heterocycles. The van der Waals surface area contributed by atoms with E-state index in [1.54, 1.807) is 0 Å². The highest BCUT2D eigenvalue weighted by Gasteiger charge is 2.09. The Hall–Kier alpha value is -3.25. The van der Waals surface area contributed by atoms with Crippen LogP contribution in [0.2, 0.25) is 0 Å². The summed E-state index contributed by atoms with van der Waals surface area (Å²) < 4.78 is 5.66. The first-order chi connectivity index (χ1) is 14.1. The molecule has 0 heterocycles. The normalized spacial score (nSPS) is 10.2. The molecule has 6 heteroatoms. The van der Waals surface area contributed by atoms with Crippen molar-refractivity contribution in [1.82, 2.24) is 10.9 Å². The van der Waals surface area contributed by atoms with E-state index in [9.17, 15) is 9.59 Å². The number of carbonyl (C=O) groups is 2. The van der Waals surface area contributed by atoms with Crippen LogP contribution in [0, 0.1) is 6.92 Å². The van der Waals surface area contributed by atoms with Gasteiger partial charge < -0.3 is 4.74 Å². The third-order valence-electron chi connectivity index (χ3n) is 4.06. The highest BCUT2D eigenvalue weighted by molar-refractivity contribution is 8.00. The third-order valence-corrected chi connectivity index (χ3v) is 5.07. The van der Waals surface area contributed by atoms with Gasteiger partial charge in [-0.2, -0.15) is 0 Å². The molecule has 29 heavy (non-hydrogen) atoms. The van der Waals surface area contributed by atoms with Crippen molar-refractivity contribution in [3.8, 4) is 16.9 Å². The smallest absolute Gasteiger partial charge is 0.276 e. The van der Waals surface area contributed by atoms with Crippen LogP contribution in [-0.2, 0) is 9.59 Å². The molecule has 0 radical (unpaired) electrons. The van der Waals surface area contributed by atoms with Crippen LogP contribution < -0.4 is 15.6 Å². The van der Waals surface area contributed by atoms with E-state index in [0.717, 1.165) is 16.0 Å². The first-order valence-electron chi connectivity index (χ1n) is 9.16. The molecule has 0 bridgehead atoms. The van der Waals surface area contributed by atoms with Crippen LogP contribution in [0.15, 0.2) is 83.8 Å². The lowest BCUT2D eigenvalue weighted by molar-refractivity contribution is -0.128. The van der Waals surface area contributed by atoms with E-state index in [0.29, 0.717) is 5.75 Å². The second-order valence-electron chi connectivity index (χ2n) is 6.35. The van der Waals surface area contributed by atoms with E-state index >= 15 is 0 Å². The Balaban J connectivity index is 1.44. The fraction of sp³-hybridized carbons (Fsp3) is 0.130. The number of benzene rings is 3. The highest BCUT2D eigenvalue weighted by Crippen LogP contribution is 2.29. The number of rotatable bonds is 7. The fourth-order valence-electron chi connectivity index (χ4n) is 2.59. The van der Waals surface area contributed by atoms with Gasteiger partial charge in [0.05, 0.1) is 5.75 Å². The second-order valence-corrected chi connectivity index (χ2v) is 7.40. The van der Waals surface area contributed by atoms with Gasteiger partial charge >= 0.3 is 0 Å². The zero-order valence-corrected chi connectivity index (χ0v) is 16.9.